The van der Waals surface area contributed by atoms with Crippen molar-refractivity contribution in [1.29, 1.82) is 0 Å². The maximum absolute atomic E-state index is 10.1. The van der Waals surface area contributed by atoms with Crippen LogP contribution < -0.4 is 10.1 Å². The number of pyridine rings is 1. The molecule has 2 N–H and O–H groups in total. The van der Waals surface area contributed by atoms with E-state index >= 15 is 0 Å². The summed E-state index contributed by atoms with van der Waals surface area (Å²) in [5.41, 5.74) is 2.26. The molecule has 0 spiro atoms. The number of hydrogen-bond donors (Lipinski definition) is 2. The number of ether oxygens (including phenoxy) is 1. The summed E-state index contributed by atoms with van der Waals surface area (Å²) in [5, 5.41) is 18.3. The lowest BCUT2D eigenvalue weighted by atomic mass is 10.1. The van der Waals surface area contributed by atoms with Gasteiger partial charge < -0.3 is 18.8 Å². The number of fused-ring (bicyclic) bond motifs is 1. The van der Waals surface area contributed by atoms with Crippen LogP contribution in [0.25, 0.3) is 22.3 Å². The van der Waals surface area contributed by atoms with Gasteiger partial charge in [0.15, 0.2) is 0 Å². The molecule has 0 saturated heterocycles. The standard InChI is InChI=1S/C25H30N4O4/c1-16-10-11-17-14-19(24(27-20(17)13-16)32-25(2,3)4)23-28-22(33-29-23)9-5-8-21(30)26-15-18-7-6-12-31-18/h6-7,10-14,21,26,30H,5,8-9,15H2,1-4H3. The minimum Gasteiger partial charge on any atom is -0.471 e. The number of furan rings is 1. The van der Waals surface area contributed by atoms with Gasteiger partial charge in [-0.15, -0.1) is 0 Å². The summed E-state index contributed by atoms with van der Waals surface area (Å²) >= 11 is 0. The van der Waals surface area contributed by atoms with Gasteiger partial charge in [0.05, 0.1) is 23.9 Å². The quantitative estimate of drug-likeness (QED) is 0.351. The van der Waals surface area contributed by atoms with Crippen LogP contribution in [0.1, 0.15) is 50.8 Å². The van der Waals surface area contributed by atoms with Gasteiger partial charge in [-0.1, -0.05) is 17.3 Å². The van der Waals surface area contributed by atoms with Crippen molar-refractivity contribution in [2.24, 2.45) is 0 Å². The minimum absolute atomic E-state index is 0.426. The van der Waals surface area contributed by atoms with Crippen LogP contribution >= 0.6 is 0 Å². The molecule has 0 saturated carbocycles. The zero-order chi connectivity index (χ0) is 23.4. The monoisotopic (exact) mass is 450 g/mol. The predicted molar refractivity (Wildman–Crippen MR) is 125 cm³/mol. The van der Waals surface area contributed by atoms with Crippen LogP contribution in [0.3, 0.4) is 0 Å². The van der Waals surface area contributed by atoms with Gasteiger partial charge in [-0.05, 0) is 70.4 Å². The molecule has 0 aliphatic rings. The van der Waals surface area contributed by atoms with Gasteiger partial charge >= 0.3 is 0 Å². The lowest BCUT2D eigenvalue weighted by molar-refractivity contribution is 0.120. The lowest BCUT2D eigenvalue weighted by Gasteiger charge is -2.22. The summed E-state index contributed by atoms with van der Waals surface area (Å²) in [7, 11) is 0. The Kier molecular flexibility index (Phi) is 6.76. The number of hydrogen-bond acceptors (Lipinski definition) is 8. The van der Waals surface area contributed by atoms with Crippen LogP contribution in [0.4, 0.5) is 0 Å². The van der Waals surface area contributed by atoms with E-state index in [2.05, 4.69) is 15.5 Å². The summed E-state index contributed by atoms with van der Waals surface area (Å²) in [6.07, 6.45) is 2.77. The van der Waals surface area contributed by atoms with Gasteiger partial charge in [-0.25, -0.2) is 4.98 Å². The highest BCUT2D eigenvalue weighted by Crippen LogP contribution is 2.32. The van der Waals surface area contributed by atoms with Crippen molar-refractivity contribution in [3.8, 4) is 17.3 Å². The second-order valence-corrected chi connectivity index (χ2v) is 9.13. The molecule has 33 heavy (non-hydrogen) atoms. The number of aliphatic hydroxyl groups excluding tert-OH is 1. The highest BCUT2D eigenvalue weighted by molar-refractivity contribution is 5.85. The number of benzene rings is 1. The Morgan fingerprint density at radius 1 is 1.15 bits per heavy atom. The molecule has 4 rings (SSSR count). The molecule has 1 unspecified atom stereocenters. The van der Waals surface area contributed by atoms with E-state index in [4.69, 9.17) is 18.7 Å². The van der Waals surface area contributed by atoms with Crippen molar-refractivity contribution in [2.45, 2.75) is 65.3 Å². The van der Waals surface area contributed by atoms with Crippen LogP contribution in [-0.2, 0) is 13.0 Å². The average Bonchev–Trinajstić information content (AvgIpc) is 3.43. The third kappa shape index (κ3) is 6.18. The highest BCUT2D eigenvalue weighted by atomic mass is 16.5. The number of aryl methyl sites for hydroxylation is 2. The van der Waals surface area contributed by atoms with Gasteiger partial charge in [0, 0.05) is 11.8 Å². The number of nitrogens with one attached hydrogen (secondary N) is 1. The fourth-order valence-electron chi connectivity index (χ4n) is 3.43. The summed E-state index contributed by atoms with van der Waals surface area (Å²) in [6, 6.07) is 11.8. The zero-order valence-corrected chi connectivity index (χ0v) is 19.5. The van der Waals surface area contributed by atoms with E-state index in [1.807, 2.05) is 64.1 Å². The lowest BCUT2D eigenvalue weighted by Crippen LogP contribution is -2.28. The summed E-state index contributed by atoms with van der Waals surface area (Å²) in [6.45, 7) is 8.45. The van der Waals surface area contributed by atoms with E-state index in [9.17, 15) is 5.11 Å². The maximum atomic E-state index is 10.1. The van der Waals surface area contributed by atoms with E-state index in [0.717, 1.165) is 22.2 Å². The first-order valence-electron chi connectivity index (χ1n) is 11.1. The van der Waals surface area contributed by atoms with Crippen molar-refractivity contribution in [3.63, 3.8) is 0 Å². The average molecular weight is 451 g/mol. The number of aliphatic hydroxyl groups is 1. The van der Waals surface area contributed by atoms with Gasteiger partial charge in [0.25, 0.3) is 0 Å². The van der Waals surface area contributed by atoms with Crippen LogP contribution in [0.5, 0.6) is 5.88 Å². The SMILES string of the molecule is Cc1ccc2cc(-c3noc(CCCC(O)NCc4ccco4)n3)c(OC(C)(C)C)nc2c1. The van der Waals surface area contributed by atoms with E-state index in [1.54, 1.807) is 6.26 Å². The van der Waals surface area contributed by atoms with Crippen molar-refractivity contribution in [1.82, 2.24) is 20.4 Å². The van der Waals surface area contributed by atoms with Gasteiger partial charge in [0.2, 0.25) is 17.6 Å². The molecule has 0 fully saturated rings. The van der Waals surface area contributed by atoms with Crippen LogP contribution in [0.15, 0.2) is 51.6 Å². The molecule has 1 aromatic carbocycles. The number of rotatable bonds is 9. The molecule has 0 amide bonds. The zero-order valence-electron chi connectivity index (χ0n) is 19.5. The predicted octanol–water partition coefficient (Wildman–Crippen LogP) is 4.79. The smallest absolute Gasteiger partial charge is 0.226 e. The molecule has 4 aromatic rings. The fraction of sp³-hybridized carbons (Fsp3) is 0.400. The van der Waals surface area contributed by atoms with Gasteiger partial charge in [0.1, 0.15) is 17.6 Å². The normalized spacial score (nSPS) is 12.9. The summed E-state index contributed by atoms with van der Waals surface area (Å²) in [4.78, 5) is 9.31. The Labute approximate surface area is 193 Å². The van der Waals surface area contributed by atoms with Crippen molar-refractivity contribution in [3.05, 3.63) is 59.9 Å². The molecular weight excluding hydrogens is 420 g/mol. The van der Waals surface area contributed by atoms with Crippen LogP contribution in [0.2, 0.25) is 0 Å². The van der Waals surface area contributed by atoms with Gasteiger partial charge in [-0.3, -0.25) is 5.32 Å². The Bertz CT molecular complexity index is 1200. The first-order chi connectivity index (χ1) is 15.8. The number of aromatic nitrogens is 3. The van der Waals surface area contributed by atoms with Crippen molar-refractivity contribution < 1.29 is 18.8 Å². The molecular formula is C25H30N4O4. The van der Waals surface area contributed by atoms with E-state index in [-0.39, 0.29) is 0 Å². The molecule has 0 aliphatic heterocycles. The van der Waals surface area contributed by atoms with Crippen LogP contribution in [-0.4, -0.2) is 32.1 Å². The topological polar surface area (TPSA) is 106 Å². The second-order valence-electron chi connectivity index (χ2n) is 9.13. The maximum Gasteiger partial charge on any atom is 0.226 e. The van der Waals surface area contributed by atoms with Crippen molar-refractivity contribution >= 4 is 10.9 Å². The molecule has 174 valence electrons. The molecule has 8 nitrogen and oxygen atoms in total. The molecule has 8 heteroatoms. The van der Waals surface area contributed by atoms with Gasteiger partial charge in [-0.2, -0.15) is 4.98 Å². The minimum atomic E-state index is -0.641. The Hall–Kier alpha value is -3.23. The molecule has 0 bridgehead atoms. The third-order valence-corrected chi connectivity index (χ3v) is 5.01. The highest BCUT2D eigenvalue weighted by Gasteiger charge is 2.21. The summed E-state index contributed by atoms with van der Waals surface area (Å²) in [5.74, 6) is 2.21. The summed E-state index contributed by atoms with van der Waals surface area (Å²) < 4.78 is 16.9. The van der Waals surface area contributed by atoms with E-state index < -0.39 is 11.8 Å². The largest absolute Gasteiger partial charge is 0.471 e. The van der Waals surface area contributed by atoms with E-state index in [1.165, 1.54) is 0 Å². The third-order valence-electron chi connectivity index (χ3n) is 5.01. The molecule has 1 atom stereocenters. The number of nitrogens with zero attached hydrogens (tertiary/aromatic N) is 3. The Balaban J connectivity index is 1.44. The molecule has 0 aliphatic carbocycles. The van der Waals surface area contributed by atoms with E-state index in [0.29, 0.717) is 49.0 Å². The van der Waals surface area contributed by atoms with Crippen LogP contribution in [0, 0.1) is 6.92 Å². The molecule has 0 radical (unpaired) electrons. The fourth-order valence-corrected chi connectivity index (χ4v) is 3.43. The first kappa shape index (κ1) is 22.9. The molecule has 3 heterocycles. The first-order valence-corrected chi connectivity index (χ1v) is 11.1. The Morgan fingerprint density at radius 3 is 2.76 bits per heavy atom. The molecule has 3 aromatic heterocycles. The second kappa shape index (κ2) is 9.72. The Morgan fingerprint density at radius 2 is 2.00 bits per heavy atom. The van der Waals surface area contributed by atoms with Crippen molar-refractivity contribution in [2.75, 3.05) is 0 Å².